The SMILES string of the molecule is Oc1ccccc1CNCc1csc(Br)c1. The van der Waals surface area contributed by atoms with E-state index in [1.54, 1.807) is 17.4 Å². The zero-order valence-electron chi connectivity index (χ0n) is 8.61. The second kappa shape index (κ2) is 5.48. The van der Waals surface area contributed by atoms with Crippen LogP contribution in [0.15, 0.2) is 39.5 Å². The monoisotopic (exact) mass is 297 g/mol. The highest BCUT2D eigenvalue weighted by molar-refractivity contribution is 9.11. The number of hydrogen-bond donors (Lipinski definition) is 2. The fraction of sp³-hybridized carbons (Fsp3) is 0.167. The molecular formula is C12H12BrNOS. The molecule has 2 N–H and O–H groups in total. The molecule has 0 radical (unpaired) electrons. The number of phenolic OH excluding ortho intramolecular Hbond substituents is 1. The zero-order chi connectivity index (χ0) is 11.4. The molecule has 0 unspecified atom stereocenters. The van der Waals surface area contributed by atoms with Gasteiger partial charge in [-0.15, -0.1) is 11.3 Å². The smallest absolute Gasteiger partial charge is 0.120 e. The Morgan fingerprint density at radius 1 is 1.25 bits per heavy atom. The van der Waals surface area contributed by atoms with Crippen LogP contribution in [0, 0.1) is 0 Å². The molecule has 1 aromatic carbocycles. The summed E-state index contributed by atoms with van der Waals surface area (Å²) in [5.74, 6) is 0.349. The molecule has 0 aliphatic carbocycles. The second-order valence-corrected chi connectivity index (χ2v) is 5.78. The van der Waals surface area contributed by atoms with Gasteiger partial charge in [0.2, 0.25) is 0 Å². The Morgan fingerprint density at radius 2 is 2.06 bits per heavy atom. The second-order valence-electron chi connectivity index (χ2n) is 3.49. The van der Waals surface area contributed by atoms with Gasteiger partial charge in [0.05, 0.1) is 3.79 Å². The predicted molar refractivity (Wildman–Crippen MR) is 70.7 cm³/mol. The summed E-state index contributed by atoms with van der Waals surface area (Å²) in [7, 11) is 0. The molecule has 4 heteroatoms. The van der Waals surface area contributed by atoms with E-state index < -0.39 is 0 Å². The van der Waals surface area contributed by atoms with Crippen LogP contribution in [0.2, 0.25) is 0 Å². The molecule has 2 rings (SSSR count). The zero-order valence-corrected chi connectivity index (χ0v) is 11.0. The van der Waals surface area contributed by atoms with Gasteiger partial charge in [-0.05, 0) is 39.0 Å². The van der Waals surface area contributed by atoms with Crippen LogP contribution in [-0.4, -0.2) is 5.11 Å². The highest BCUT2D eigenvalue weighted by atomic mass is 79.9. The molecule has 1 aromatic heterocycles. The highest BCUT2D eigenvalue weighted by Crippen LogP contribution is 2.21. The van der Waals surface area contributed by atoms with Crippen LogP contribution in [0.3, 0.4) is 0 Å². The van der Waals surface area contributed by atoms with Crippen LogP contribution < -0.4 is 5.32 Å². The molecular weight excluding hydrogens is 286 g/mol. The van der Waals surface area contributed by atoms with E-state index in [9.17, 15) is 5.11 Å². The first kappa shape index (κ1) is 11.6. The van der Waals surface area contributed by atoms with Crippen molar-refractivity contribution in [2.45, 2.75) is 13.1 Å². The summed E-state index contributed by atoms with van der Waals surface area (Å²) in [5, 5.41) is 15.0. The average Bonchev–Trinajstić information content (AvgIpc) is 2.67. The summed E-state index contributed by atoms with van der Waals surface area (Å²) in [6, 6.07) is 9.49. The maximum absolute atomic E-state index is 9.57. The summed E-state index contributed by atoms with van der Waals surface area (Å²) in [5.41, 5.74) is 2.18. The Hall–Kier alpha value is -0.840. The molecule has 0 aliphatic heterocycles. The van der Waals surface area contributed by atoms with Crippen molar-refractivity contribution in [1.29, 1.82) is 0 Å². The Morgan fingerprint density at radius 3 is 2.75 bits per heavy atom. The standard InChI is InChI=1S/C12H12BrNOS/c13-12-5-9(8-16-12)6-14-7-10-3-1-2-4-11(10)15/h1-5,8,14-15H,6-7H2. The molecule has 0 amide bonds. The van der Waals surface area contributed by atoms with Gasteiger partial charge < -0.3 is 10.4 Å². The van der Waals surface area contributed by atoms with E-state index in [2.05, 4.69) is 32.7 Å². The van der Waals surface area contributed by atoms with Crippen LogP contribution in [0.5, 0.6) is 5.75 Å². The summed E-state index contributed by atoms with van der Waals surface area (Å²) < 4.78 is 1.15. The molecule has 2 nitrogen and oxygen atoms in total. The van der Waals surface area contributed by atoms with Crippen molar-refractivity contribution in [2.75, 3.05) is 0 Å². The van der Waals surface area contributed by atoms with Gasteiger partial charge in [-0.1, -0.05) is 18.2 Å². The lowest BCUT2D eigenvalue weighted by Gasteiger charge is -2.05. The van der Waals surface area contributed by atoms with E-state index in [0.29, 0.717) is 12.3 Å². The maximum atomic E-state index is 9.57. The molecule has 2 aromatic rings. The minimum atomic E-state index is 0.349. The summed E-state index contributed by atoms with van der Waals surface area (Å²) in [6.07, 6.45) is 0. The lowest BCUT2D eigenvalue weighted by Crippen LogP contribution is -2.12. The van der Waals surface area contributed by atoms with Crippen LogP contribution in [-0.2, 0) is 13.1 Å². The Labute approximate surface area is 107 Å². The van der Waals surface area contributed by atoms with Crippen molar-refractivity contribution in [1.82, 2.24) is 5.32 Å². The van der Waals surface area contributed by atoms with Gasteiger partial charge >= 0.3 is 0 Å². The fourth-order valence-corrected chi connectivity index (χ4v) is 2.65. The number of aromatic hydroxyl groups is 1. The molecule has 0 atom stereocenters. The van der Waals surface area contributed by atoms with Crippen molar-refractivity contribution in [3.8, 4) is 5.75 Å². The van der Waals surface area contributed by atoms with Crippen molar-refractivity contribution >= 4 is 27.3 Å². The van der Waals surface area contributed by atoms with Crippen molar-refractivity contribution in [3.05, 3.63) is 50.6 Å². The molecule has 0 saturated carbocycles. The van der Waals surface area contributed by atoms with Gasteiger partial charge in [0, 0.05) is 18.7 Å². The molecule has 0 aliphatic rings. The summed E-state index contributed by atoms with van der Waals surface area (Å²) in [6.45, 7) is 1.50. The van der Waals surface area contributed by atoms with Gasteiger partial charge in [0.25, 0.3) is 0 Å². The molecule has 0 spiro atoms. The van der Waals surface area contributed by atoms with E-state index >= 15 is 0 Å². The first-order valence-corrected chi connectivity index (χ1v) is 6.63. The number of phenols is 1. The van der Waals surface area contributed by atoms with E-state index in [1.165, 1.54) is 5.56 Å². The molecule has 1 heterocycles. The van der Waals surface area contributed by atoms with Crippen LogP contribution in [0.4, 0.5) is 0 Å². The van der Waals surface area contributed by atoms with E-state index in [0.717, 1.165) is 15.9 Å². The molecule has 0 fully saturated rings. The lowest BCUT2D eigenvalue weighted by atomic mass is 10.2. The third-order valence-corrected chi connectivity index (χ3v) is 3.81. The Bertz CT molecular complexity index is 470. The largest absolute Gasteiger partial charge is 0.508 e. The van der Waals surface area contributed by atoms with Crippen LogP contribution in [0.25, 0.3) is 0 Å². The number of rotatable bonds is 4. The van der Waals surface area contributed by atoms with Gasteiger partial charge in [0.1, 0.15) is 5.75 Å². The number of hydrogen-bond acceptors (Lipinski definition) is 3. The Kier molecular flexibility index (Phi) is 3.98. The van der Waals surface area contributed by atoms with Gasteiger partial charge in [-0.3, -0.25) is 0 Å². The molecule has 0 saturated heterocycles. The van der Waals surface area contributed by atoms with Crippen LogP contribution in [0.1, 0.15) is 11.1 Å². The normalized spacial score (nSPS) is 10.6. The van der Waals surface area contributed by atoms with Gasteiger partial charge in [0.15, 0.2) is 0 Å². The first-order chi connectivity index (χ1) is 7.75. The average molecular weight is 298 g/mol. The van der Waals surface area contributed by atoms with Gasteiger partial charge in [-0.2, -0.15) is 0 Å². The molecule has 84 valence electrons. The summed E-state index contributed by atoms with van der Waals surface area (Å²) >= 11 is 5.11. The van der Waals surface area contributed by atoms with Crippen molar-refractivity contribution in [3.63, 3.8) is 0 Å². The quantitative estimate of drug-likeness (QED) is 0.905. The maximum Gasteiger partial charge on any atom is 0.120 e. The third kappa shape index (κ3) is 3.07. The molecule has 0 bridgehead atoms. The Balaban J connectivity index is 1.87. The van der Waals surface area contributed by atoms with Crippen molar-refractivity contribution < 1.29 is 5.11 Å². The molecule has 16 heavy (non-hydrogen) atoms. The van der Waals surface area contributed by atoms with Crippen molar-refractivity contribution in [2.24, 2.45) is 0 Å². The van der Waals surface area contributed by atoms with Gasteiger partial charge in [-0.25, -0.2) is 0 Å². The fourth-order valence-electron chi connectivity index (χ4n) is 1.44. The topological polar surface area (TPSA) is 32.3 Å². The minimum absolute atomic E-state index is 0.349. The van der Waals surface area contributed by atoms with Crippen LogP contribution >= 0.6 is 27.3 Å². The number of nitrogens with one attached hydrogen (secondary N) is 1. The highest BCUT2D eigenvalue weighted by Gasteiger charge is 2.00. The predicted octanol–water partition coefficient (Wildman–Crippen LogP) is 3.51. The van der Waals surface area contributed by atoms with E-state index in [1.807, 2.05) is 18.2 Å². The van der Waals surface area contributed by atoms with E-state index in [-0.39, 0.29) is 0 Å². The number of benzene rings is 1. The lowest BCUT2D eigenvalue weighted by molar-refractivity contribution is 0.464. The number of para-hydroxylation sites is 1. The first-order valence-electron chi connectivity index (χ1n) is 4.96. The third-order valence-electron chi connectivity index (χ3n) is 2.26. The summed E-state index contributed by atoms with van der Waals surface area (Å²) in [4.78, 5) is 0. The number of halogens is 1. The number of thiophene rings is 1. The minimum Gasteiger partial charge on any atom is -0.508 e. The van der Waals surface area contributed by atoms with E-state index in [4.69, 9.17) is 0 Å².